The quantitative estimate of drug-likeness (QED) is 0.371. The van der Waals surface area contributed by atoms with Gasteiger partial charge in [-0.15, -0.1) is 0 Å². The molecule has 1 aromatic heterocycles. The number of amides is 1. The predicted molar refractivity (Wildman–Crippen MR) is 132 cm³/mol. The first-order valence-electron chi connectivity index (χ1n) is 10.6. The number of rotatable bonds is 5. The van der Waals surface area contributed by atoms with Crippen LogP contribution in [-0.4, -0.2) is 12.0 Å². The number of nitrogens with one attached hydrogen (secondary N) is 1. The third-order valence-electron chi connectivity index (χ3n) is 5.69. The molecule has 0 spiro atoms. The van der Waals surface area contributed by atoms with Crippen LogP contribution in [0.3, 0.4) is 0 Å². The molecule has 0 fully saturated rings. The van der Waals surface area contributed by atoms with Gasteiger partial charge >= 0.3 is 0 Å². The maximum atomic E-state index is 13.4. The predicted octanol–water partition coefficient (Wildman–Crippen LogP) is 6.44. The number of carbonyl (C=O) groups is 1. The largest absolute Gasteiger partial charge is 0.473 e. The van der Waals surface area contributed by atoms with Gasteiger partial charge in [-0.3, -0.25) is 9.59 Å². The molecule has 0 saturated heterocycles. The number of hydrogen-bond acceptors (Lipinski definition) is 4. The molecule has 5 nitrogen and oxygen atoms in total. The minimum Gasteiger partial charge on any atom is -0.473 e. The fourth-order valence-corrected chi connectivity index (χ4v) is 3.70. The first-order valence-corrected chi connectivity index (χ1v) is 11.0. The molecule has 1 N–H and O–H groups in total. The van der Waals surface area contributed by atoms with Gasteiger partial charge in [0.1, 0.15) is 5.58 Å². The number of halogens is 1. The number of fused-ring (bicyclic) bond motifs is 1. The number of anilines is 1. The Morgan fingerprint density at radius 1 is 1.00 bits per heavy atom. The maximum Gasteiger partial charge on any atom is 0.265 e. The molecule has 0 aliphatic heterocycles. The molecule has 1 unspecified atom stereocenters. The summed E-state index contributed by atoms with van der Waals surface area (Å²) in [6.07, 6.45) is -0.950. The van der Waals surface area contributed by atoms with Crippen molar-refractivity contribution in [2.75, 3.05) is 5.32 Å². The van der Waals surface area contributed by atoms with E-state index in [1.54, 1.807) is 19.1 Å². The summed E-state index contributed by atoms with van der Waals surface area (Å²) < 4.78 is 12.1. The minimum atomic E-state index is -0.950. The van der Waals surface area contributed by atoms with E-state index in [1.807, 2.05) is 69.3 Å². The molecule has 0 saturated carbocycles. The van der Waals surface area contributed by atoms with Gasteiger partial charge in [-0.25, -0.2) is 0 Å². The molecule has 1 heterocycles. The molecule has 0 aliphatic carbocycles. The highest BCUT2D eigenvalue weighted by atomic mass is 35.5. The Hall–Kier alpha value is -3.57. The first kappa shape index (κ1) is 22.6. The van der Waals surface area contributed by atoms with Crippen LogP contribution in [0.2, 0.25) is 5.02 Å². The Labute approximate surface area is 197 Å². The van der Waals surface area contributed by atoms with E-state index >= 15 is 0 Å². The summed E-state index contributed by atoms with van der Waals surface area (Å²) in [5.41, 5.74) is 4.21. The van der Waals surface area contributed by atoms with Crippen LogP contribution >= 0.6 is 11.6 Å². The van der Waals surface area contributed by atoms with Crippen molar-refractivity contribution in [2.45, 2.75) is 33.8 Å². The Balaban J connectivity index is 1.76. The summed E-state index contributed by atoms with van der Waals surface area (Å²) in [5.74, 6) is -0.136. The summed E-state index contributed by atoms with van der Waals surface area (Å²) >= 11 is 6.26. The van der Waals surface area contributed by atoms with E-state index < -0.39 is 6.10 Å². The van der Waals surface area contributed by atoms with Crippen LogP contribution in [0.15, 0.2) is 69.9 Å². The molecule has 4 aromatic rings. The molecule has 6 heteroatoms. The monoisotopic (exact) mass is 461 g/mol. The van der Waals surface area contributed by atoms with Gasteiger partial charge in [0.05, 0.1) is 5.39 Å². The number of aryl methyl sites for hydroxylation is 2. The topological polar surface area (TPSA) is 68.5 Å². The van der Waals surface area contributed by atoms with E-state index in [0.717, 1.165) is 16.7 Å². The average molecular weight is 462 g/mol. The van der Waals surface area contributed by atoms with Crippen LogP contribution in [-0.2, 0) is 4.79 Å². The molecule has 168 valence electrons. The lowest BCUT2D eigenvalue weighted by molar-refractivity contribution is -0.122. The van der Waals surface area contributed by atoms with Crippen molar-refractivity contribution in [3.63, 3.8) is 0 Å². The van der Waals surface area contributed by atoms with E-state index in [1.165, 1.54) is 0 Å². The Morgan fingerprint density at radius 2 is 1.73 bits per heavy atom. The number of ether oxygens (including phenoxy) is 1. The van der Waals surface area contributed by atoms with Crippen molar-refractivity contribution in [3.05, 3.63) is 92.6 Å². The van der Waals surface area contributed by atoms with E-state index in [-0.39, 0.29) is 22.8 Å². The highest BCUT2D eigenvalue weighted by molar-refractivity contribution is 6.32. The zero-order valence-corrected chi connectivity index (χ0v) is 19.6. The van der Waals surface area contributed by atoms with Gasteiger partial charge in [0.25, 0.3) is 5.91 Å². The summed E-state index contributed by atoms with van der Waals surface area (Å²) in [6, 6.07) is 18.2. The molecular weight excluding hydrogens is 438 g/mol. The van der Waals surface area contributed by atoms with Gasteiger partial charge in [0.2, 0.25) is 11.2 Å². The number of hydrogen-bond donors (Lipinski definition) is 1. The second kappa shape index (κ2) is 9.12. The van der Waals surface area contributed by atoms with Crippen molar-refractivity contribution in [1.29, 1.82) is 0 Å². The normalized spacial score (nSPS) is 11.9. The van der Waals surface area contributed by atoms with Gasteiger partial charge < -0.3 is 14.5 Å². The maximum absolute atomic E-state index is 13.4. The van der Waals surface area contributed by atoms with Gasteiger partial charge in [-0.05, 0) is 62.6 Å². The summed E-state index contributed by atoms with van der Waals surface area (Å²) in [5, 5.41) is 3.63. The second-order valence-electron chi connectivity index (χ2n) is 8.05. The van der Waals surface area contributed by atoms with E-state index in [0.29, 0.717) is 27.2 Å². The summed E-state index contributed by atoms with van der Waals surface area (Å²) in [7, 11) is 0. The molecule has 3 aromatic carbocycles. The molecule has 0 bridgehead atoms. The van der Waals surface area contributed by atoms with Gasteiger partial charge in [-0.1, -0.05) is 54.1 Å². The second-order valence-corrected chi connectivity index (χ2v) is 8.46. The summed E-state index contributed by atoms with van der Waals surface area (Å²) in [6.45, 7) is 7.35. The molecule has 1 amide bonds. The van der Waals surface area contributed by atoms with Crippen molar-refractivity contribution < 1.29 is 13.9 Å². The third kappa shape index (κ3) is 4.50. The standard InChI is InChI=1S/C27H24ClNO4/c1-15-9-8-12-22(17(15)3)29-27(31)18(4)32-26-24(30)20-14-21(28)16(2)13-23(20)33-25(26)19-10-6-5-7-11-19/h5-14,18H,1-4H3,(H,29,31). The fourth-order valence-electron chi connectivity index (χ4n) is 3.54. The van der Waals surface area contributed by atoms with Gasteiger partial charge in [0.15, 0.2) is 11.9 Å². The highest BCUT2D eigenvalue weighted by Crippen LogP contribution is 2.33. The molecule has 33 heavy (non-hydrogen) atoms. The first-order chi connectivity index (χ1) is 15.8. The van der Waals surface area contributed by atoms with E-state index in [2.05, 4.69) is 5.32 Å². The zero-order valence-electron chi connectivity index (χ0n) is 18.9. The molecule has 0 radical (unpaired) electrons. The van der Waals surface area contributed by atoms with Crippen molar-refractivity contribution >= 4 is 34.2 Å². The average Bonchev–Trinajstić information content (AvgIpc) is 2.80. The van der Waals surface area contributed by atoms with Crippen molar-refractivity contribution in [3.8, 4) is 17.1 Å². The van der Waals surface area contributed by atoms with Crippen molar-refractivity contribution in [1.82, 2.24) is 0 Å². The van der Waals surface area contributed by atoms with Crippen LogP contribution in [0.5, 0.6) is 5.75 Å². The molecule has 0 aliphatic rings. The lowest BCUT2D eigenvalue weighted by Crippen LogP contribution is -2.32. The third-order valence-corrected chi connectivity index (χ3v) is 6.10. The Bertz CT molecular complexity index is 1410. The Morgan fingerprint density at radius 3 is 2.45 bits per heavy atom. The van der Waals surface area contributed by atoms with Gasteiger partial charge in [0, 0.05) is 16.3 Å². The van der Waals surface area contributed by atoms with Crippen LogP contribution in [0.1, 0.15) is 23.6 Å². The molecular formula is C27H24ClNO4. The van der Waals surface area contributed by atoms with Crippen LogP contribution in [0.4, 0.5) is 5.69 Å². The summed E-state index contributed by atoms with van der Waals surface area (Å²) in [4.78, 5) is 26.3. The number of carbonyl (C=O) groups excluding carboxylic acids is 1. The van der Waals surface area contributed by atoms with Crippen LogP contribution in [0.25, 0.3) is 22.3 Å². The molecule has 4 rings (SSSR count). The Kier molecular flexibility index (Phi) is 6.25. The van der Waals surface area contributed by atoms with Gasteiger partial charge in [-0.2, -0.15) is 0 Å². The number of benzene rings is 3. The minimum absolute atomic E-state index is 0.0303. The highest BCUT2D eigenvalue weighted by Gasteiger charge is 2.24. The van der Waals surface area contributed by atoms with Crippen LogP contribution in [0, 0.1) is 20.8 Å². The SMILES string of the molecule is Cc1cc2oc(-c3ccccc3)c(OC(C)C(=O)Nc3cccc(C)c3C)c(=O)c2cc1Cl. The molecule has 1 atom stereocenters. The van der Waals surface area contributed by atoms with E-state index in [4.69, 9.17) is 20.8 Å². The fraction of sp³-hybridized carbons (Fsp3) is 0.185. The zero-order chi connectivity index (χ0) is 23.7. The van der Waals surface area contributed by atoms with Crippen molar-refractivity contribution in [2.24, 2.45) is 0 Å². The van der Waals surface area contributed by atoms with E-state index in [9.17, 15) is 9.59 Å². The van der Waals surface area contributed by atoms with Crippen LogP contribution < -0.4 is 15.5 Å². The lowest BCUT2D eigenvalue weighted by atomic mass is 10.1. The smallest absolute Gasteiger partial charge is 0.265 e. The lowest BCUT2D eigenvalue weighted by Gasteiger charge is -2.18.